The number of esters is 1. The molecule has 0 bridgehead atoms. The number of carbonyl (C=O) groups is 1. The average Bonchev–Trinajstić information content (AvgIpc) is 3.29. The molecule has 3 aromatic heterocycles. The van der Waals surface area contributed by atoms with E-state index >= 15 is 0 Å². The van der Waals surface area contributed by atoms with Crippen molar-refractivity contribution in [2.24, 2.45) is 7.05 Å². The van der Waals surface area contributed by atoms with Gasteiger partial charge in [-0.15, -0.1) is 0 Å². The maximum absolute atomic E-state index is 12.5. The van der Waals surface area contributed by atoms with Gasteiger partial charge in [-0.1, -0.05) is 30.3 Å². The Morgan fingerprint density at radius 1 is 1.16 bits per heavy atom. The van der Waals surface area contributed by atoms with Gasteiger partial charge < -0.3 is 4.74 Å². The van der Waals surface area contributed by atoms with Crippen LogP contribution in [-0.2, 0) is 11.8 Å². The number of pyridine rings is 1. The molecule has 0 aliphatic carbocycles. The normalized spacial score (nSPS) is 11.0. The fourth-order valence-electron chi connectivity index (χ4n) is 3.00. The molecule has 0 atom stereocenters. The van der Waals surface area contributed by atoms with Crippen LogP contribution in [0.4, 0.5) is 0 Å². The molecular formula is C19H16N4O2. The number of rotatable bonds is 3. The Bertz CT molecular complexity index is 1060. The van der Waals surface area contributed by atoms with Crippen LogP contribution in [0.3, 0.4) is 0 Å². The van der Waals surface area contributed by atoms with Crippen LogP contribution in [0, 0.1) is 0 Å². The van der Waals surface area contributed by atoms with Crippen LogP contribution in [0.1, 0.15) is 10.4 Å². The standard InChI is InChI=1S/C19H16N4O2/c1-22-12-14(11-21-22)15-10-16(13-6-4-3-5-7-13)23-9-8-20-18(23)17(15)19(24)25-2/h3-12H,1-2H3. The highest BCUT2D eigenvalue weighted by Crippen LogP contribution is 2.32. The van der Waals surface area contributed by atoms with E-state index in [2.05, 4.69) is 10.1 Å². The highest BCUT2D eigenvalue weighted by atomic mass is 16.5. The molecule has 1 aromatic carbocycles. The van der Waals surface area contributed by atoms with E-state index in [1.165, 1.54) is 7.11 Å². The molecule has 4 rings (SSSR count). The summed E-state index contributed by atoms with van der Waals surface area (Å²) in [5.41, 5.74) is 4.56. The highest BCUT2D eigenvalue weighted by Gasteiger charge is 2.22. The van der Waals surface area contributed by atoms with Crippen molar-refractivity contribution >= 4 is 11.6 Å². The molecule has 0 aliphatic heterocycles. The Labute approximate surface area is 144 Å². The summed E-state index contributed by atoms with van der Waals surface area (Å²) in [7, 11) is 3.22. The first-order valence-electron chi connectivity index (χ1n) is 7.82. The molecule has 0 saturated heterocycles. The first-order chi connectivity index (χ1) is 12.2. The molecule has 0 radical (unpaired) electrons. The lowest BCUT2D eigenvalue weighted by Gasteiger charge is -2.13. The van der Waals surface area contributed by atoms with Gasteiger partial charge in [-0.25, -0.2) is 9.78 Å². The van der Waals surface area contributed by atoms with Gasteiger partial charge in [0.1, 0.15) is 5.56 Å². The van der Waals surface area contributed by atoms with E-state index in [1.54, 1.807) is 17.1 Å². The van der Waals surface area contributed by atoms with Crippen LogP contribution >= 0.6 is 0 Å². The summed E-state index contributed by atoms with van der Waals surface area (Å²) >= 11 is 0. The Hall–Kier alpha value is -3.41. The van der Waals surface area contributed by atoms with Crippen molar-refractivity contribution < 1.29 is 9.53 Å². The minimum atomic E-state index is -0.422. The smallest absolute Gasteiger partial charge is 0.342 e. The lowest BCUT2D eigenvalue weighted by Crippen LogP contribution is -2.08. The summed E-state index contributed by atoms with van der Waals surface area (Å²) in [5.74, 6) is -0.422. The quantitative estimate of drug-likeness (QED) is 0.541. The van der Waals surface area contributed by atoms with Crippen LogP contribution in [0.15, 0.2) is 61.2 Å². The number of imidazole rings is 1. The van der Waals surface area contributed by atoms with Gasteiger partial charge in [0.25, 0.3) is 0 Å². The van der Waals surface area contributed by atoms with E-state index in [0.717, 1.165) is 22.4 Å². The largest absolute Gasteiger partial charge is 0.465 e. The van der Waals surface area contributed by atoms with Gasteiger partial charge in [-0.3, -0.25) is 9.08 Å². The van der Waals surface area contributed by atoms with Gasteiger partial charge in [-0.2, -0.15) is 5.10 Å². The minimum absolute atomic E-state index is 0.422. The first kappa shape index (κ1) is 15.1. The van der Waals surface area contributed by atoms with Crippen molar-refractivity contribution in [3.8, 4) is 22.4 Å². The van der Waals surface area contributed by atoms with E-state index in [1.807, 2.05) is 60.2 Å². The van der Waals surface area contributed by atoms with E-state index in [-0.39, 0.29) is 0 Å². The summed E-state index contributed by atoms with van der Waals surface area (Å²) in [5, 5.41) is 4.23. The Morgan fingerprint density at radius 2 is 1.96 bits per heavy atom. The van der Waals surface area contributed by atoms with Crippen LogP contribution in [0.2, 0.25) is 0 Å². The van der Waals surface area contributed by atoms with Crippen LogP contribution < -0.4 is 0 Å². The van der Waals surface area contributed by atoms with Gasteiger partial charge in [0.2, 0.25) is 0 Å². The molecule has 0 N–H and O–H groups in total. The molecule has 4 aromatic rings. The minimum Gasteiger partial charge on any atom is -0.465 e. The SMILES string of the molecule is COC(=O)c1c(-c2cnn(C)c2)cc(-c2ccccc2)n2ccnc12. The van der Waals surface area contributed by atoms with E-state index in [9.17, 15) is 4.79 Å². The van der Waals surface area contributed by atoms with Crippen LogP contribution in [0.5, 0.6) is 0 Å². The molecule has 0 unspecified atom stereocenters. The number of methoxy groups -OCH3 is 1. The topological polar surface area (TPSA) is 61.4 Å². The average molecular weight is 332 g/mol. The molecule has 124 valence electrons. The van der Waals surface area contributed by atoms with Crippen molar-refractivity contribution in [1.82, 2.24) is 19.2 Å². The zero-order valence-electron chi connectivity index (χ0n) is 13.9. The summed E-state index contributed by atoms with van der Waals surface area (Å²) < 4.78 is 8.62. The third-order valence-electron chi connectivity index (χ3n) is 4.15. The zero-order chi connectivity index (χ0) is 17.4. The van der Waals surface area contributed by atoms with Crippen molar-refractivity contribution in [3.63, 3.8) is 0 Å². The molecule has 3 heterocycles. The third kappa shape index (κ3) is 2.48. The predicted octanol–water partition coefficient (Wildman–Crippen LogP) is 3.19. The van der Waals surface area contributed by atoms with Crippen molar-refractivity contribution in [2.75, 3.05) is 7.11 Å². The third-order valence-corrected chi connectivity index (χ3v) is 4.15. The summed E-state index contributed by atoms with van der Waals surface area (Å²) in [4.78, 5) is 16.9. The molecule has 0 fully saturated rings. The second-order valence-electron chi connectivity index (χ2n) is 5.70. The highest BCUT2D eigenvalue weighted by molar-refractivity contribution is 6.04. The van der Waals surface area contributed by atoms with Crippen molar-refractivity contribution in [2.45, 2.75) is 0 Å². The molecule has 6 heteroatoms. The van der Waals surface area contributed by atoms with Gasteiger partial charge in [0, 0.05) is 36.8 Å². The Morgan fingerprint density at radius 3 is 2.64 bits per heavy atom. The fraction of sp³-hybridized carbons (Fsp3) is 0.105. The maximum atomic E-state index is 12.5. The Kier molecular flexibility index (Phi) is 3.57. The molecule has 0 amide bonds. The van der Waals surface area contributed by atoms with Crippen LogP contribution in [0.25, 0.3) is 28.0 Å². The molecule has 0 saturated carbocycles. The summed E-state index contributed by atoms with van der Waals surface area (Å²) in [6.07, 6.45) is 7.13. The van der Waals surface area contributed by atoms with Gasteiger partial charge in [-0.05, 0) is 11.6 Å². The lowest BCUT2D eigenvalue weighted by molar-refractivity contribution is 0.0603. The number of nitrogens with zero attached hydrogens (tertiary/aromatic N) is 4. The molecule has 0 spiro atoms. The van der Waals surface area contributed by atoms with Crippen LogP contribution in [-0.4, -0.2) is 32.2 Å². The number of fused-ring (bicyclic) bond motifs is 1. The lowest BCUT2D eigenvalue weighted by atomic mass is 10.00. The number of aryl methyl sites for hydroxylation is 1. The van der Waals surface area contributed by atoms with Gasteiger partial charge in [0.15, 0.2) is 5.65 Å². The summed E-state index contributed by atoms with van der Waals surface area (Å²) in [6, 6.07) is 12.0. The number of carbonyl (C=O) groups excluding carboxylic acids is 1. The molecule has 6 nitrogen and oxygen atoms in total. The number of hydrogen-bond donors (Lipinski definition) is 0. The summed E-state index contributed by atoms with van der Waals surface area (Å²) in [6.45, 7) is 0. The Balaban J connectivity index is 2.09. The van der Waals surface area contributed by atoms with Gasteiger partial charge in [0.05, 0.1) is 19.0 Å². The predicted molar refractivity (Wildman–Crippen MR) is 94.2 cm³/mol. The molecular weight excluding hydrogens is 316 g/mol. The van der Waals surface area contributed by atoms with E-state index in [0.29, 0.717) is 11.2 Å². The van der Waals surface area contributed by atoms with E-state index < -0.39 is 5.97 Å². The first-order valence-corrected chi connectivity index (χ1v) is 7.82. The van der Waals surface area contributed by atoms with E-state index in [4.69, 9.17) is 4.74 Å². The fourth-order valence-corrected chi connectivity index (χ4v) is 3.00. The monoisotopic (exact) mass is 332 g/mol. The molecule has 25 heavy (non-hydrogen) atoms. The van der Waals surface area contributed by atoms with Crippen molar-refractivity contribution in [1.29, 1.82) is 0 Å². The molecule has 0 aliphatic rings. The zero-order valence-corrected chi connectivity index (χ0v) is 13.9. The second kappa shape index (κ2) is 5.90. The van der Waals surface area contributed by atoms with Gasteiger partial charge >= 0.3 is 5.97 Å². The maximum Gasteiger partial charge on any atom is 0.342 e. The number of benzene rings is 1. The number of hydrogen-bond acceptors (Lipinski definition) is 4. The van der Waals surface area contributed by atoms with Crippen molar-refractivity contribution in [3.05, 3.63) is 66.7 Å². The number of ether oxygens (including phenoxy) is 1. The number of aromatic nitrogens is 4. The second-order valence-corrected chi connectivity index (χ2v) is 5.70.